The minimum Gasteiger partial charge on any atom is -0.487 e. The van der Waals surface area contributed by atoms with Crippen LogP contribution < -0.4 is 10.1 Å². The number of carbonyl (C=O) groups excluding carboxylic acids is 1. The lowest BCUT2D eigenvalue weighted by Gasteiger charge is -2.37. The van der Waals surface area contributed by atoms with Crippen LogP contribution in [0.25, 0.3) is 11.1 Å². The minimum absolute atomic E-state index is 0.0577. The maximum atomic E-state index is 15.0. The first-order valence-corrected chi connectivity index (χ1v) is 11.3. The maximum absolute atomic E-state index is 15.0. The second kappa shape index (κ2) is 10.6. The molecule has 0 heterocycles. The number of alkyl halides is 3. The van der Waals surface area contributed by atoms with Crippen molar-refractivity contribution in [3.05, 3.63) is 53.3 Å². The van der Waals surface area contributed by atoms with Crippen LogP contribution in [0.3, 0.4) is 0 Å². The van der Waals surface area contributed by atoms with Gasteiger partial charge in [0.2, 0.25) is 0 Å². The van der Waals surface area contributed by atoms with Crippen molar-refractivity contribution < 1.29 is 42.1 Å². The molecule has 0 bridgehead atoms. The number of aliphatic carboxylic acids is 1. The Kier molecular flexibility index (Phi) is 8.04. The summed E-state index contributed by atoms with van der Waals surface area (Å²) in [5.41, 5.74) is -2.94. The summed E-state index contributed by atoms with van der Waals surface area (Å²) in [5, 5.41) is 21.4. The second-order valence-corrected chi connectivity index (χ2v) is 8.68. The first-order chi connectivity index (χ1) is 16.5. The molecular weight excluding hydrogens is 470 g/mol. The average Bonchev–Trinajstić information content (AvgIpc) is 2.82. The van der Waals surface area contributed by atoms with E-state index < -0.39 is 47.3 Å². The van der Waals surface area contributed by atoms with Crippen LogP contribution in [0.2, 0.25) is 0 Å². The number of halogens is 4. The van der Waals surface area contributed by atoms with E-state index in [0.29, 0.717) is 18.8 Å². The molecule has 0 atom stereocenters. The van der Waals surface area contributed by atoms with Crippen LogP contribution in [0.4, 0.5) is 17.6 Å². The van der Waals surface area contributed by atoms with Crippen molar-refractivity contribution in [1.29, 1.82) is 0 Å². The van der Waals surface area contributed by atoms with E-state index in [1.165, 1.54) is 6.07 Å². The number of hydrogen-bond donors (Lipinski definition) is 3. The van der Waals surface area contributed by atoms with E-state index in [4.69, 9.17) is 9.84 Å². The fraction of sp³-hybridized carbons (Fsp3) is 0.440. The van der Waals surface area contributed by atoms with Crippen molar-refractivity contribution in [1.82, 2.24) is 5.32 Å². The Morgan fingerprint density at radius 3 is 2.43 bits per heavy atom. The summed E-state index contributed by atoms with van der Waals surface area (Å²) in [6.07, 6.45) is -2.10. The normalized spacial score (nSPS) is 20.3. The lowest BCUT2D eigenvalue weighted by Crippen LogP contribution is -2.56. The molecule has 2 aromatic carbocycles. The van der Waals surface area contributed by atoms with Gasteiger partial charge in [-0.2, -0.15) is 13.2 Å². The Balaban J connectivity index is 2.01. The number of benzene rings is 2. The molecule has 1 saturated carbocycles. The van der Waals surface area contributed by atoms with Crippen LogP contribution in [0.15, 0.2) is 36.4 Å². The summed E-state index contributed by atoms with van der Waals surface area (Å²) >= 11 is 0. The molecular formula is C25H27F4NO5. The lowest BCUT2D eigenvalue weighted by molar-refractivity contribution is -0.146. The van der Waals surface area contributed by atoms with Gasteiger partial charge in [-0.15, -0.1) is 0 Å². The fourth-order valence-corrected chi connectivity index (χ4v) is 4.36. The standard InChI is InChI=1S/C25H27F4NO5/c1-2-15-6-8-24(9-7-15,23(33)34)30-22(32)17-13-19(21(20(26)14-17)35-11-10-31)16-4-3-5-18(12-16)25(27,28)29/h3-5,12-15,31H,2,6-11H2,1H3,(H,30,32)(H,33,34)/t15-,24-. The highest BCUT2D eigenvalue weighted by molar-refractivity contribution is 5.99. The average molecular weight is 497 g/mol. The first-order valence-electron chi connectivity index (χ1n) is 11.3. The number of ether oxygens (including phenoxy) is 1. The molecule has 3 N–H and O–H groups in total. The van der Waals surface area contributed by atoms with Crippen LogP contribution >= 0.6 is 0 Å². The number of carbonyl (C=O) groups is 2. The zero-order valence-corrected chi connectivity index (χ0v) is 19.1. The van der Waals surface area contributed by atoms with Crippen LogP contribution in [0.1, 0.15) is 54.9 Å². The number of hydrogen-bond acceptors (Lipinski definition) is 4. The summed E-state index contributed by atoms with van der Waals surface area (Å²) < 4.78 is 60.0. The predicted octanol–water partition coefficient (Wildman–Crippen LogP) is 5.04. The molecule has 2 aromatic rings. The van der Waals surface area contributed by atoms with Gasteiger partial charge >= 0.3 is 12.1 Å². The van der Waals surface area contributed by atoms with E-state index >= 15 is 4.39 Å². The molecule has 190 valence electrons. The Hall–Kier alpha value is -3.14. The summed E-state index contributed by atoms with van der Waals surface area (Å²) in [6, 6.07) is 6.10. The highest BCUT2D eigenvalue weighted by Crippen LogP contribution is 2.38. The van der Waals surface area contributed by atoms with E-state index in [0.717, 1.165) is 36.8 Å². The van der Waals surface area contributed by atoms with Crippen molar-refractivity contribution in [2.24, 2.45) is 5.92 Å². The third-order valence-corrected chi connectivity index (χ3v) is 6.44. The van der Waals surface area contributed by atoms with E-state index in [1.807, 2.05) is 6.92 Å². The van der Waals surface area contributed by atoms with Gasteiger partial charge in [0.1, 0.15) is 12.1 Å². The summed E-state index contributed by atoms with van der Waals surface area (Å²) in [4.78, 5) is 25.1. The van der Waals surface area contributed by atoms with Gasteiger partial charge in [0.05, 0.1) is 12.2 Å². The molecule has 10 heteroatoms. The molecule has 0 aliphatic heterocycles. The van der Waals surface area contributed by atoms with Gasteiger partial charge in [-0.25, -0.2) is 9.18 Å². The number of nitrogens with one attached hydrogen (secondary N) is 1. The maximum Gasteiger partial charge on any atom is 0.416 e. The molecule has 1 aliphatic rings. The Morgan fingerprint density at radius 2 is 1.86 bits per heavy atom. The highest BCUT2D eigenvalue weighted by Gasteiger charge is 2.43. The zero-order valence-electron chi connectivity index (χ0n) is 19.1. The number of aliphatic hydroxyl groups excluding tert-OH is 1. The van der Waals surface area contributed by atoms with Gasteiger partial charge in [-0.1, -0.05) is 25.5 Å². The Bertz CT molecular complexity index is 1080. The number of rotatable bonds is 8. The van der Waals surface area contributed by atoms with E-state index in [-0.39, 0.29) is 36.1 Å². The van der Waals surface area contributed by atoms with Crippen molar-refractivity contribution in [3.63, 3.8) is 0 Å². The quantitative estimate of drug-likeness (QED) is 0.445. The van der Waals surface area contributed by atoms with Crippen molar-refractivity contribution in [3.8, 4) is 16.9 Å². The summed E-state index contributed by atoms with van der Waals surface area (Å²) in [6.45, 7) is 1.22. The summed E-state index contributed by atoms with van der Waals surface area (Å²) in [7, 11) is 0. The first kappa shape index (κ1) is 26.5. The zero-order chi connectivity index (χ0) is 25.8. The molecule has 0 unspecified atom stereocenters. The summed E-state index contributed by atoms with van der Waals surface area (Å²) in [5.74, 6) is -3.15. The molecule has 1 aliphatic carbocycles. The second-order valence-electron chi connectivity index (χ2n) is 8.68. The molecule has 1 fully saturated rings. The molecule has 0 aromatic heterocycles. The smallest absolute Gasteiger partial charge is 0.416 e. The third-order valence-electron chi connectivity index (χ3n) is 6.44. The monoisotopic (exact) mass is 497 g/mol. The predicted molar refractivity (Wildman–Crippen MR) is 120 cm³/mol. The Labute approximate surface area is 199 Å². The third kappa shape index (κ3) is 5.93. The Morgan fingerprint density at radius 1 is 1.17 bits per heavy atom. The lowest BCUT2D eigenvalue weighted by atomic mass is 9.75. The van der Waals surface area contributed by atoms with Crippen LogP contribution in [-0.4, -0.2) is 40.8 Å². The van der Waals surface area contributed by atoms with Gasteiger partial charge in [0.25, 0.3) is 5.91 Å². The SMILES string of the molecule is CC[C@H]1CC[C@@](NC(=O)c2cc(F)c(OCCO)c(-c3cccc(C(F)(F)F)c3)c2)(C(=O)O)CC1. The number of aliphatic hydroxyl groups is 1. The van der Waals surface area contributed by atoms with Crippen LogP contribution in [0, 0.1) is 11.7 Å². The van der Waals surface area contributed by atoms with Gasteiger partial charge in [0, 0.05) is 11.1 Å². The van der Waals surface area contributed by atoms with E-state index in [9.17, 15) is 27.9 Å². The van der Waals surface area contributed by atoms with Gasteiger partial charge in [-0.3, -0.25) is 4.79 Å². The highest BCUT2D eigenvalue weighted by atomic mass is 19.4. The van der Waals surface area contributed by atoms with Crippen LogP contribution in [-0.2, 0) is 11.0 Å². The van der Waals surface area contributed by atoms with Crippen LogP contribution in [0.5, 0.6) is 5.75 Å². The van der Waals surface area contributed by atoms with Crippen molar-refractivity contribution >= 4 is 11.9 Å². The molecule has 0 saturated heterocycles. The number of carboxylic acid groups (broad SMARTS) is 1. The van der Waals surface area contributed by atoms with Gasteiger partial charge in [0.15, 0.2) is 11.6 Å². The largest absolute Gasteiger partial charge is 0.487 e. The van der Waals surface area contributed by atoms with Gasteiger partial charge in [-0.05, 0) is 61.4 Å². The minimum atomic E-state index is -4.65. The molecule has 1 amide bonds. The molecule has 0 spiro atoms. The number of amides is 1. The molecule has 35 heavy (non-hydrogen) atoms. The van der Waals surface area contributed by atoms with Crippen molar-refractivity contribution in [2.75, 3.05) is 13.2 Å². The number of carboxylic acids is 1. The molecule has 6 nitrogen and oxygen atoms in total. The van der Waals surface area contributed by atoms with E-state index in [1.54, 1.807) is 0 Å². The topological polar surface area (TPSA) is 95.9 Å². The molecule has 3 rings (SSSR count). The van der Waals surface area contributed by atoms with Crippen molar-refractivity contribution in [2.45, 2.75) is 50.7 Å². The van der Waals surface area contributed by atoms with E-state index in [2.05, 4.69) is 5.32 Å². The fourth-order valence-electron chi connectivity index (χ4n) is 4.36. The molecule has 0 radical (unpaired) electrons. The van der Waals surface area contributed by atoms with Gasteiger partial charge < -0.3 is 20.3 Å².